The molecule has 1 aromatic rings. The number of carbonyl (C=O) groups is 3. The van der Waals surface area contributed by atoms with Crippen molar-refractivity contribution in [1.82, 2.24) is 25.1 Å². The van der Waals surface area contributed by atoms with Gasteiger partial charge in [0.1, 0.15) is 12.2 Å². The molecule has 0 radical (unpaired) electrons. The second-order valence-corrected chi connectivity index (χ2v) is 9.67. The van der Waals surface area contributed by atoms with Crippen molar-refractivity contribution < 1.29 is 14.4 Å². The zero-order chi connectivity index (χ0) is 28.1. The maximum Gasteiger partial charge on any atom is 0.334 e. The second-order valence-electron chi connectivity index (χ2n) is 9.67. The predicted octanol–water partition coefficient (Wildman–Crippen LogP) is 4.94. The number of hydrazine groups is 1. The smallest absolute Gasteiger partial charge is 0.334 e. The van der Waals surface area contributed by atoms with Crippen molar-refractivity contribution in [3.63, 3.8) is 0 Å². The lowest BCUT2D eigenvalue weighted by atomic mass is 10.0. The largest absolute Gasteiger partial charge is 0.337 e. The third-order valence-electron chi connectivity index (χ3n) is 6.84. The highest BCUT2D eigenvalue weighted by Gasteiger charge is 2.50. The predicted molar refractivity (Wildman–Crippen MR) is 153 cm³/mol. The summed E-state index contributed by atoms with van der Waals surface area (Å²) in [7, 11) is 1.76. The Morgan fingerprint density at radius 1 is 1.13 bits per heavy atom. The van der Waals surface area contributed by atoms with E-state index in [2.05, 4.69) is 25.2 Å². The Bertz CT molecular complexity index is 962. The van der Waals surface area contributed by atoms with Gasteiger partial charge in [0.05, 0.1) is 13.1 Å². The van der Waals surface area contributed by atoms with Gasteiger partial charge in [0.2, 0.25) is 11.8 Å². The number of nitrogens with one attached hydrogen (secondary N) is 1. The van der Waals surface area contributed by atoms with Gasteiger partial charge in [0.25, 0.3) is 0 Å². The van der Waals surface area contributed by atoms with E-state index in [9.17, 15) is 14.4 Å². The van der Waals surface area contributed by atoms with Gasteiger partial charge in [-0.1, -0.05) is 87.7 Å². The lowest BCUT2D eigenvalue weighted by molar-refractivity contribution is -0.187. The molecule has 0 aromatic heterocycles. The molecule has 8 heteroatoms. The number of fused-ring (bicyclic) bond motifs is 1. The molecule has 4 amide bonds. The number of hydrogen-bond donors (Lipinski definition) is 1. The molecule has 2 aliphatic heterocycles. The summed E-state index contributed by atoms with van der Waals surface area (Å²) in [6.45, 7) is 11.5. The third-order valence-corrected chi connectivity index (χ3v) is 6.84. The molecule has 1 N–H and O–H groups in total. The highest BCUT2D eigenvalue weighted by molar-refractivity contribution is 5.91. The molecule has 2 heterocycles. The van der Waals surface area contributed by atoms with E-state index in [0.29, 0.717) is 26.1 Å². The van der Waals surface area contributed by atoms with E-state index in [0.717, 1.165) is 31.2 Å². The summed E-state index contributed by atoms with van der Waals surface area (Å²) >= 11 is 0. The van der Waals surface area contributed by atoms with Gasteiger partial charge in [-0.05, 0) is 38.7 Å². The van der Waals surface area contributed by atoms with Crippen LogP contribution in [0.15, 0.2) is 54.1 Å². The fraction of sp³-hybridized carbons (Fsp3) is 0.567. The van der Waals surface area contributed by atoms with Crippen LogP contribution in [-0.2, 0) is 16.1 Å². The van der Waals surface area contributed by atoms with Gasteiger partial charge < -0.3 is 15.1 Å². The van der Waals surface area contributed by atoms with Gasteiger partial charge in [-0.25, -0.2) is 14.8 Å². The molecule has 8 nitrogen and oxygen atoms in total. The first kappa shape index (κ1) is 31.1. The van der Waals surface area contributed by atoms with Crippen molar-refractivity contribution in [1.29, 1.82) is 0 Å². The van der Waals surface area contributed by atoms with Crippen molar-refractivity contribution in [2.75, 3.05) is 26.7 Å². The topological polar surface area (TPSA) is 76.2 Å². The molecule has 2 saturated heterocycles. The number of nitrogens with zero attached hydrogens (tertiary/aromatic N) is 4. The Morgan fingerprint density at radius 2 is 1.84 bits per heavy atom. The fourth-order valence-corrected chi connectivity index (χ4v) is 4.93. The van der Waals surface area contributed by atoms with Crippen LogP contribution in [0.1, 0.15) is 72.3 Å². The van der Waals surface area contributed by atoms with E-state index in [4.69, 9.17) is 0 Å². The number of piperazine rings is 1. The van der Waals surface area contributed by atoms with E-state index < -0.39 is 12.2 Å². The first-order valence-electron chi connectivity index (χ1n) is 14.1. The number of likely N-dealkylation sites (N-methyl/N-ethyl adjacent to an activating group) is 1. The molecule has 210 valence electrons. The van der Waals surface area contributed by atoms with E-state index >= 15 is 0 Å². The average molecular weight is 526 g/mol. The standard InChI is InChI=1S/C28H41N5O3.C2H6/c1-5-7-13-22(3)14-12-18-31-20-25-32(24(27(31)35)17-8-6-2)26(34)21-30(4)33(25)28(36)29-19-23-15-10-9-11-16-23;1-2/h5,7,9-11,13,15-16,24-25H,6,8,12,14,17-21H2,1-4H3,(H,29,36);1-2H3/b7-5-,22-13+;/t24-,25?;/m0./s1. The third kappa shape index (κ3) is 8.18. The SMILES string of the molecule is C/C=C\C=C(/C)CCCN1CC2N(C(=O)CN(C)N2C(=O)NCc2ccccc2)[C@@H](CCCC)C1=O.CC. The minimum absolute atomic E-state index is 0.00247. The van der Waals surface area contributed by atoms with E-state index in [1.807, 2.05) is 68.2 Å². The monoisotopic (exact) mass is 525 g/mol. The summed E-state index contributed by atoms with van der Waals surface area (Å²) in [6, 6.07) is 8.94. The minimum Gasteiger partial charge on any atom is -0.337 e. The molecular weight excluding hydrogens is 478 g/mol. The number of hydrogen-bond acceptors (Lipinski definition) is 4. The Kier molecular flexibility index (Phi) is 13.1. The number of benzene rings is 1. The van der Waals surface area contributed by atoms with Crippen LogP contribution < -0.4 is 5.32 Å². The summed E-state index contributed by atoms with van der Waals surface area (Å²) in [5.41, 5.74) is 2.26. The molecule has 0 spiro atoms. The quantitative estimate of drug-likeness (QED) is 0.439. The lowest BCUT2D eigenvalue weighted by Gasteiger charge is -2.54. The number of amides is 4. The molecule has 1 unspecified atom stereocenters. The van der Waals surface area contributed by atoms with E-state index in [1.54, 1.807) is 22.0 Å². The Hall–Kier alpha value is -3.13. The second kappa shape index (κ2) is 16.0. The maximum absolute atomic E-state index is 13.5. The fourth-order valence-electron chi connectivity index (χ4n) is 4.93. The maximum atomic E-state index is 13.5. The number of rotatable bonds is 10. The molecule has 2 atom stereocenters. The number of unbranched alkanes of at least 4 members (excludes halogenated alkanes) is 1. The van der Waals surface area contributed by atoms with Crippen LogP contribution in [0.5, 0.6) is 0 Å². The normalized spacial score (nSPS) is 20.4. The summed E-state index contributed by atoms with van der Waals surface area (Å²) < 4.78 is 0. The van der Waals surface area contributed by atoms with Crippen LogP contribution in [0.4, 0.5) is 4.79 Å². The van der Waals surface area contributed by atoms with E-state index in [-0.39, 0.29) is 24.4 Å². The molecule has 0 bridgehead atoms. The van der Waals surface area contributed by atoms with Gasteiger partial charge in [-0.3, -0.25) is 9.59 Å². The molecule has 0 saturated carbocycles. The van der Waals surface area contributed by atoms with Gasteiger partial charge >= 0.3 is 6.03 Å². The van der Waals surface area contributed by atoms with Crippen LogP contribution in [0, 0.1) is 0 Å². The van der Waals surface area contributed by atoms with Crippen molar-refractivity contribution in [3.8, 4) is 0 Å². The number of urea groups is 1. The molecular formula is C30H47N5O3. The lowest BCUT2D eigenvalue weighted by Crippen LogP contribution is -2.75. The van der Waals surface area contributed by atoms with E-state index in [1.165, 1.54) is 5.57 Å². The van der Waals surface area contributed by atoms with Gasteiger partial charge in [0, 0.05) is 20.1 Å². The summed E-state index contributed by atoms with van der Waals surface area (Å²) in [4.78, 5) is 43.6. The molecule has 1 aromatic carbocycles. The number of carbonyl (C=O) groups excluding carboxylic acids is 3. The van der Waals surface area contributed by atoms with Gasteiger partial charge in [0.15, 0.2) is 0 Å². The van der Waals surface area contributed by atoms with Gasteiger partial charge in [-0.15, -0.1) is 0 Å². The summed E-state index contributed by atoms with van der Waals surface area (Å²) in [5, 5.41) is 6.30. The molecule has 0 aliphatic carbocycles. The van der Waals surface area contributed by atoms with Gasteiger partial charge in [-0.2, -0.15) is 0 Å². The van der Waals surface area contributed by atoms with Crippen molar-refractivity contribution in [2.24, 2.45) is 0 Å². The molecule has 2 fully saturated rings. The van der Waals surface area contributed by atoms with Crippen LogP contribution in [0.2, 0.25) is 0 Å². The zero-order valence-corrected chi connectivity index (χ0v) is 24.2. The van der Waals surface area contributed by atoms with Crippen LogP contribution in [-0.4, -0.2) is 76.6 Å². The molecule has 2 aliphatic rings. The van der Waals surface area contributed by atoms with Crippen molar-refractivity contribution in [3.05, 3.63) is 59.7 Å². The highest BCUT2D eigenvalue weighted by atomic mass is 16.2. The zero-order valence-electron chi connectivity index (χ0n) is 24.2. The Labute approximate surface area is 229 Å². The summed E-state index contributed by atoms with van der Waals surface area (Å²) in [5.74, 6) is -0.105. The number of allylic oxidation sites excluding steroid dienone is 4. The summed E-state index contributed by atoms with van der Waals surface area (Å²) in [6.07, 6.45) is 9.72. The first-order chi connectivity index (χ1) is 18.4. The minimum atomic E-state index is -0.533. The first-order valence-corrected chi connectivity index (χ1v) is 14.1. The van der Waals surface area contributed by atoms with Crippen LogP contribution in [0.3, 0.4) is 0 Å². The van der Waals surface area contributed by atoms with Crippen molar-refractivity contribution in [2.45, 2.75) is 85.5 Å². The van der Waals surface area contributed by atoms with Crippen molar-refractivity contribution >= 4 is 17.8 Å². The van der Waals surface area contributed by atoms with Crippen LogP contribution in [0.25, 0.3) is 0 Å². The average Bonchev–Trinajstić information content (AvgIpc) is 2.92. The Morgan fingerprint density at radius 3 is 2.50 bits per heavy atom. The molecule has 3 rings (SSSR count). The Balaban J connectivity index is 0.00000247. The molecule has 38 heavy (non-hydrogen) atoms. The van der Waals surface area contributed by atoms with Crippen LogP contribution >= 0.6 is 0 Å². The highest BCUT2D eigenvalue weighted by Crippen LogP contribution is 2.28.